The summed E-state index contributed by atoms with van der Waals surface area (Å²) in [5, 5.41) is 11.2. The van der Waals surface area contributed by atoms with Gasteiger partial charge in [-0.3, -0.25) is 14.5 Å². The molecule has 7 heteroatoms. The number of carbonyl (C=O) groups excluding carboxylic acids is 1. The first-order valence-electron chi connectivity index (χ1n) is 6.66. The lowest BCUT2D eigenvalue weighted by Gasteiger charge is -2.22. The number of carboxylic acids is 1. The van der Waals surface area contributed by atoms with E-state index in [1.807, 2.05) is 0 Å². The van der Waals surface area contributed by atoms with Gasteiger partial charge in [0.25, 0.3) is 0 Å². The molecule has 0 saturated carbocycles. The lowest BCUT2D eigenvalue weighted by Crippen LogP contribution is -2.38. The smallest absolute Gasteiger partial charge is 0.304 e. The Morgan fingerprint density at radius 3 is 2.81 bits per heavy atom. The first kappa shape index (κ1) is 15.4. The lowest BCUT2D eigenvalue weighted by molar-refractivity contribution is -0.138. The Labute approximate surface area is 120 Å². The van der Waals surface area contributed by atoms with Gasteiger partial charge in [-0.1, -0.05) is 0 Å². The molecule has 1 aliphatic heterocycles. The van der Waals surface area contributed by atoms with Crippen LogP contribution >= 0.6 is 0 Å². The Morgan fingerprint density at radius 2 is 2.14 bits per heavy atom. The van der Waals surface area contributed by atoms with E-state index in [1.165, 1.54) is 0 Å². The fourth-order valence-corrected chi connectivity index (χ4v) is 2.50. The number of likely N-dealkylation sites (tertiary alicyclic amines) is 1. The Balaban J connectivity index is 1.93. The molecule has 0 aliphatic carbocycles. The van der Waals surface area contributed by atoms with Crippen molar-refractivity contribution in [2.75, 3.05) is 18.4 Å². The van der Waals surface area contributed by atoms with Crippen LogP contribution in [0.3, 0.4) is 0 Å². The molecule has 0 radical (unpaired) electrons. The quantitative estimate of drug-likeness (QED) is 0.870. The molecule has 1 aromatic carbocycles. The third-order valence-electron chi connectivity index (χ3n) is 3.46. The Hall–Kier alpha value is -2.02. The second-order valence-electron chi connectivity index (χ2n) is 5.04. The third kappa shape index (κ3) is 4.22. The molecule has 1 aliphatic rings. The van der Waals surface area contributed by atoms with Gasteiger partial charge in [-0.05, 0) is 31.5 Å². The number of amides is 1. The van der Waals surface area contributed by atoms with E-state index < -0.39 is 23.5 Å². The number of halogens is 2. The lowest BCUT2D eigenvalue weighted by atomic mass is 10.1. The molecule has 21 heavy (non-hydrogen) atoms. The van der Waals surface area contributed by atoms with Gasteiger partial charge in [-0.25, -0.2) is 8.78 Å². The standard InChI is InChI=1S/C14H16F2N2O3/c15-9-3-4-12(11(16)6-9)17-13(19)8-18-5-1-2-10(18)7-14(20)21/h3-4,6,10H,1-2,5,7-8H2,(H,17,19)(H,20,21). The van der Waals surface area contributed by atoms with Gasteiger partial charge in [0.2, 0.25) is 5.91 Å². The number of rotatable bonds is 5. The molecule has 0 bridgehead atoms. The van der Waals surface area contributed by atoms with Crippen LogP contribution in [0.2, 0.25) is 0 Å². The largest absolute Gasteiger partial charge is 0.481 e. The summed E-state index contributed by atoms with van der Waals surface area (Å²) in [7, 11) is 0. The summed E-state index contributed by atoms with van der Waals surface area (Å²) in [4.78, 5) is 24.4. The zero-order valence-corrected chi connectivity index (χ0v) is 11.3. The Morgan fingerprint density at radius 1 is 1.38 bits per heavy atom. The summed E-state index contributed by atoms with van der Waals surface area (Å²) in [6.07, 6.45) is 1.54. The molecule has 1 saturated heterocycles. The van der Waals surface area contributed by atoms with Gasteiger partial charge < -0.3 is 10.4 Å². The van der Waals surface area contributed by atoms with E-state index in [-0.39, 0.29) is 24.7 Å². The van der Waals surface area contributed by atoms with Crippen LogP contribution in [0.5, 0.6) is 0 Å². The number of carboxylic acid groups (broad SMARTS) is 1. The van der Waals surface area contributed by atoms with E-state index in [9.17, 15) is 18.4 Å². The van der Waals surface area contributed by atoms with Gasteiger partial charge in [0.1, 0.15) is 11.6 Å². The normalized spacial score (nSPS) is 18.7. The zero-order chi connectivity index (χ0) is 15.4. The SMILES string of the molecule is O=C(O)CC1CCCN1CC(=O)Nc1ccc(F)cc1F. The van der Waals surface area contributed by atoms with Gasteiger partial charge >= 0.3 is 5.97 Å². The van der Waals surface area contributed by atoms with Crippen molar-refractivity contribution in [3.63, 3.8) is 0 Å². The minimum absolute atomic E-state index is 0.00520. The second kappa shape index (κ2) is 6.62. The minimum Gasteiger partial charge on any atom is -0.481 e. The van der Waals surface area contributed by atoms with Crippen molar-refractivity contribution in [2.45, 2.75) is 25.3 Å². The monoisotopic (exact) mass is 298 g/mol. The number of benzene rings is 1. The summed E-state index contributed by atoms with van der Waals surface area (Å²) in [6.45, 7) is 0.631. The van der Waals surface area contributed by atoms with Crippen molar-refractivity contribution >= 4 is 17.6 Å². The minimum atomic E-state index is -0.906. The van der Waals surface area contributed by atoms with Crippen molar-refractivity contribution < 1.29 is 23.5 Å². The molecule has 1 atom stereocenters. The van der Waals surface area contributed by atoms with E-state index in [2.05, 4.69) is 5.32 Å². The maximum Gasteiger partial charge on any atom is 0.304 e. The molecule has 1 aromatic rings. The van der Waals surface area contributed by atoms with Crippen LogP contribution in [0.15, 0.2) is 18.2 Å². The number of carbonyl (C=O) groups is 2. The third-order valence-corrected chi connectivity index (χ3v) is 3.46. The first-order valence-corrected chi connectivity index (χ1v) is 6.66. The van der Waals surface area contributed by atoms with E-state index in [0.29, 0.717) is 12.6 Å². The topological polar surface area (TPSA) is 69.6 Å². The highest BCUT2D eigenvalue weighted by Gasteiger charge is 2.28. The summed E-state index contributed by atoms with van der Waals surface area (Å²) in [6, 6.07) is 2.73. The molecule has 0 aromatic heterocycles. The molecule has 1 heterocycles. The average molecular weight is 298 g/mol. The molecule has 0 spiro atoms. The summed E-state index contributed by atoms with van der Waals surface area (Å²) >= 11 is 0. The molecule has 114 valence electrons. The van der Waals surface area contributed by atoms with Crippen molar-refractivity contribution in [2.24, 2.45) is 0 Å². The maximum atomic E-state index is 13.4. The number of aliphatic carboxylic acids is 1. The fourth-order valence-electron chi connectivity index (χ4n) is 2.50. The summed E-state index contributed by atoms with van der Waals surface area (Å²) in [5.74, 6) is -2.91. The highest BCUT2D eigenvalue weighted by molar-refractivity contribution is 5.92. The summed E-state index contributed by atoms with van der Waals surface area (Å²) in [5.41, 5.74) is -0.0876. The van der Waals surface area contributed by atoms with E-state index in [1.54, 1.807) is 4.90 Å². The van der Waals surface area contributed by atoms with Crippen LogP contribution < -0.4 is 5.32 Å². The second-order valence-corrected chi connectivity index (χ2v) is 5.04. The molecule has 2 rings (SSSR count). The van der Waals surface area contributed by atoms with Gasteiger partial charge in [-0.15, -0.1) is 0 Å². The van der Waals surface area contributed by atoms with Crippen LogP contribution in [0.1, 0.15) is 19.3 Å². The van der Waals surface area contributed by atoms with Crippen LogP contribution in [0.4, 0.5) is 14.5 Å². The number of nitrogens with one attached hydrogen (secondary N) is 1. The highest BCUT2D eigenvalue weighted by atomic mass is 19.1. The molecule has 2 N–H and O–H groups in total. The van der Waals surface area contributed by atoms with Crippen molar-refractivity contribution in [1.29, 1.82) is 0 Å². The average Bonchev–Trinajstić information content (AvgIpc) is 2.79. The molecular formula is C14H16F2N2O3. The predicted octanol–water partition coefficient (Wildman–Crippen LogP) is 1.84. The van der Waals surface area contributed by atoms with Crippen LogP contribution in [0, 0.1) is 11.6 Å². The number of hydrogen-bond donors (Lipinski definition) is 2. The zero-order valence-electron chi connectivity index (χ0n) is 11.3. The Bertz CT molecular complexity index is 551. The van der Waals surface area contributed by atoms with Crippen molar-refractivity contribution in [3.8, 4) is 0 Å². The van der Waals surface area contributed by atoms with Crippen LogP contribution in [-0.4, -0.2) is 41.0 Å². The highest BCUT2D eigenvalue weighted by Crippen LogP contribution is 2.20. The van der Waals surface area contributed by atoms with E-state index in [4.69, 9.17) is 5.11 Å². The molecule has 1 amide bonds. The predicted molar refractivity (Wildman–Crippen MR) is 71.8 cm³/mol. The van der Waals surface area contributed by atoms with Crippen molar-refractivity contribution in [3.05, 3.63) is 29.8 Å². The summed E-state index contributed by atoms with van der Waals surface area (Å²) < 4.78 is 26.2. The fraction of sp³-hybridized carbons (Fsp3) is 0.429. The first-order chi connectivity index (χ1) is 9.95. The molecule has 5 nitrogen and oxygen atoms in total. The van der Waals surface area contributed by atoms with Gasteiger partial charge in [0, 0.05) is 12.1 Å². The Kier molecular flexibility index (Phi) is 4.85. The van der Waals surface area contributed by atoms with E-state index >= 15 is 0 Å². The molecule has 1 fully saturated rings. The van der Waals surface area contributed by atoms with Crippen LogP contribution in [0.25, 0.3) is 0 Å². The molecule has 1 unspecified atom stereocenters. The van der Waals surface area contributed by atoms with E-state index in [0.717, 1.165) is 25.0 Å². The van der Waals surface area contributed by atoms with Crippen LogP contribution in [-0.2, 0) is 9.59 Å². The molecular weight excluding hydrogens is 282 g/mol. The number of hydrogen-bond acceptors (Lipinski definition) is 3. The van der Waals surface area contributed by atoms with Gasteiger partial charge in [-0.2, -0.15) is 0 Å². The van der Waals surface area contributed by atoms with Crippen molar-refractivity contribution in [1.82, 2.24) is 4.90 Å². The maximum absolute atomic E-state index is 13.4. The number of nitrogens with zero attached hydrogens (tertiary/aromatic N) is 1. The van der Waals surface area contributed by atoms with Gasteiger partial charge in [0.15, 0.2) is 0 Å². The number of anilines is 1. The van der Waals surface area contributed by atoms with Gasteiger partial charge in [0.05, 0.1) is 18.7 Å².